The molecule has 1 N–H and O–H groups in total. The summed E-state index contributed by atoms with van der Waals surface area (Å²) in [6, 6.07) is 19.9. The number of rotatable bonds is 9. The van der Waals surface area contributed by atoms with Gasteiger partial charge in [-0.2, -0.15) is 0 Å². The van der Waals surface area contributed by atoms with Crippen molar-refractivity contribution in [2.24, 2.45) is 0 Å². The van der Waals surface area contributed by atoms with Crippen LogP contribution in [-0.4, -0.2) is 33.6 Å². The molecule has 3 aromatic carbocycles. The minimum absolute atomic E-state index is 0.0706. The molecule has 0 saturated carbocycles. The van der Waals surface area contributed by atoms with E-state index in [9.17, 15) is 14.7 Å². The van der Waals surface area contributed by atoms with Crippen LogP contribution in [0.5, 0.6) is 5.75 Å². The summed E-state index contributed by atoms with van der Waals surface area (Å²) in [6.07, 6.45) is 1.61. The van der Waals surface area contributed by atoms with Crippen molar-refractivity contribution in [2.75, 3.05) is 11.5 Å². The van der Waals surface area contributed by atoms with Crippen molar-refractivity contribution in [1.82, 2.24) is 10.2 Å². The van der Waals surface area contributed by atoms with Gasteiger partial charge in [0.1, 0.15) is 18.1 Å². The number of aliphatic hydroxyl groups is 1. The Morgan fingerprint density at radius 1 is 1.05 bits per heavy atom. The zero-order valence-corrected chi connectivity index (χ0v) is 23.9. The summed E-state index contributed by atoms with van der Waals surface area (Å²) in [7, 11) is 0. The van der Waals surface area contributed by atoms with E-state index in [-0.39, 0.29) is 23.1 Å². The Bertz CT molecular complexity index is 1600. The molecular formula is C29H21Cl2N3O4S2. The summed E-state index contributed by atoms with van der Waals surface area (Å²) in [4.78, 5) is 28.1. The van der Waals surface area contributed by atoms with Gasteiger partial charge in [-0.3, -0.25) is 14.5 Å². The minimum Gasteiger partial charge on any atom is -0.507 e. The molecule has 11 heteroatoms. The summed E-state index contributed by atoms with van der Waals surface area (Å²) in [6.45, 7) is 3.95. The molecule has 202 valence electrons. The average Bonchev–Trinajstić information content (AvgIpc) is 3.53. The van der Waals surface area contributed by atoms with Crippen LogP contribution in [0.1, 0.15) is 22.7 Å². The minimum atomic E-state index is -0.968. The molecule has 1 aliphatic rings. The Balaban J connectivity index is 1.54. The van der Waals surface area contributed by atoms with Gasteiger partial charge in [0.25, 0.3) is 5.78 Å². The number of ketones is 1. The Hall–Kier alpha value is -3.63. The second-order valence-electron chi connectivity index (χ2n) is 8.61. The van der Waals surface area contributed by atoms with Crippen LogP contribution in [0.25, 0.3) is 5.76 Å². The highest BCUT2D eigenvalue weighted by Crippen LogP contribution is 2.44. The SMILES string of the molecule is C=CCOc1cccc(C2C(=C(O)c3ccc(Cl)cc3)C(=O)C(=O)N2c2nnc(SCc3ccc(Cl)cc3)s2)c1. The largest absolute Gasteiger partial charge is 0.507 e. The van der Waals surface area contributed by atoms with Gasteiger partial charge in [-0.15, -0.1) is 10.2 Å². The molecule has 5 rings (SSSR count). The number of hydrogen-bond donors (Lipinski definition) is 1. The molecule has 1 aliphatic heterocycles. The number of nitrogens with zero attached hydrogens (tertiary/aromatic N) is 3. The van der Waals surface area contributed by atoms with E-state index in [1.165, 1.54) is 28.0 Å². The molecule has 0 aliphatic carbocycles. The third-order valence-electron chi connectivity index (χ3n) is 5.98. The first-order valence-electron chi connectivity index (χ1n) is 12.0. The van der Waals surface area contributed by atoms with E-state index in [1.54, 1.807) is 54.6 Å². The highest BCUT2D eigenvalue weighted by atomic mass is 35.5. The fourth-order valence-corrected chi connectivity index (χ4v) is 6.20. The number of ether oxygens (including phenoxy) is 1. The molecule has 1 amide bonds. The number of thioether (sulfide) groups is 1. The molecule has 1 atom stereocenters. The lowest BCUT2D eigenvalue weighted by Gasteiger charge is -2.23. The third-order valence-corrected chi connectivity index (χ3v) is 8.61. The predicted octanol–water partition coefficient (Wildman–Crippen LogP) is 7.33. The summed E-state index contributed by atoms with van der Waals surface area (Å²) in [5.41, 5.74) is 1.88. The first-order chi connectivity index (χ1) is 19.4. The van der Waals surface area contributed by atoms with Crippen molar-refractivity contribution < 1.29 is 19.4 Å². The predicted molar refractivity (Wildman–Crippen MR) is 159 cm³/mol. The van der Waals surface area contributed by atoms with Crippen molar-refractivity contribution in [3.63, 3.8) is 0 Å². The number of benzene rings is 3. The van der Waals surface area contributed by atoms with Crippen LogP contribution in [0.15, 0.2) is 95.4 Å². The van der Waals surface area contributed by atoms with Crippen molar-refractivity contribution in [1.29, 1.82) is 0 Å². The molecular weight excluding hydrogens is 589 g/mol. The number of anilines is 1. The van der Waals surface area contributed by atoms with Gasteiger partial charge in [-0.1, -0.05) is 83.2 Å². The summed E-state index contributed by atoms with van der Waals surface area (Å²) < 4.78 is 6.31. The fourth-order valence-electron chi connectivity index (χ4n) is 4.12. The van der Waals surface area contributed by atoms with Gasteiger partial charge in [0.2, 0.25) is 5.13 Å². The summed E-state index contributed by atoms with van der Waals surface area (Å²) >= 11 is 14.6. The molecule has 1 aromatic heterocycles. The van der Waals surface area contributed by atoms with E-state index in [0.717, 1.165) is 5.56 Å². The van der Waals surface area contributed by atoms with E-state index in [2.05, 4.69) is 16.8 Å². The first kappa shape index (κ1) is 27.9. The number of Topliss-reactive ketones (excluding diaryl/α,β-unsaturated/α-hetero) is 1. The highest BCUT2D eigenvalue weighted by Gasteiger charge is 2.48. The molecule has 2 heterocycles. The molecule has 1 fully saturated rings. The van der Waals surface area contributed by atoms with E-state index in [0.29, 0.717) is 37.0 Å². The topological polar surface area (TPSA) is 92.6 Å². The number of halogens is 2. The maximum atomic E-state index is 13.5. The van der Waals surface area contributed by atoms with Crippen LogP contribution in [0, 0.1) is 0 Å². The highest BCUT2D eigenvalue weighted by molar-refractivity contribution is 8.00. The van der Waals surface area contributed by atoms with Gasteiger partial charge < -0.3 is 9.84 Å². The normalized spacial score (nSPS) is 16.4. The van der Waals surface area contributed by atoms with Crippen LogP contribution in [0.3, 0.4) is 0 Å². The standard InChI is InChI=1S/C29H21Cl2N3O4S2/c1-2-14-38-22-5-3-4-19(15-22)24-23(25(35)18-8-12-21(31)13-9-18)26(36)27(37)34(24)28-32-33-29(40-28)39-16-17-6-10-20(30)11-7-17/h2-13,15,24,35H,1,14,16H2. The lowest BCUT2D eigenvalue weighted by atomic mass is 9.95. The van der Waals surface area contributed by atoms with Crippen LogP contribution in [0.2, 0.25) is 10.0 Å². The molecule has 0 spiro atoms. The van der Waals surface area contributed by atoms with Gasteiger partial charge >= 0.3 is 5.91 Å². The second kappa shape index (κ2) is 12.3. The van der Waals surface area contributed by atoms with Crippen molar-refractivity contribution in [2.45, 2.75) is 16.1 Å². The van der Waals surface area contributed by atoms with E-state index in [4.69, 9.17) is 27.9 Å². The lowest BCUT2D eigenvalue weighted by molar-refractivity contribution is -0.132. The maximum absolute atomic E-state index is 13.5. The van der Waals surface area contributed by atoms with Gasteiger partial charge in [0.05, 0.1) is 11.6 Å². The molecule has 40 heavy (non-hydrogen) atoms. The third kappa shape index (κ3) is 5.93. The summed E-state index contributed by atoms with van der Waals surface area (Å²) in [5.74, 6) is -0.829. The Kier molecular flexibility index (Phi) is 8.56. The zero-order chi connectivity index (χ0) is 28.2. The molecule has 4 aromatic rings. The molecule has 0 bridgehead atoms. The number of amides is 1. The monoisotopic (exact) mass is 609 g/mol. The number of aromatic nitrogens is 2. The number of carbonyl (C=O) groups is 2. The summed E-state index contributed by atoms with van der Waals surface area (Å²) in [5, 5.41) is 21.1. The number of hydrogen-bond acceptors (Lipinski definition) is 8. The van der Waals surface area contributed by atoms with Crippen LogP contribution < -0.4 is 9.64 Å². The maximum Gasteiger partial charge on any atom is 0.301 e. The smallest absolute Gasteiger partial charge is 0.301 e. The number of carbonyl (C=O) groups excluding carboxylic acids is 2. The molecule has 1 unspecified atom stereocenters. The van der Waals surface area contributed by atoms with E-state index >= 15 is 0 Å². The van der Waals surface area contributed by atoms with Gasteiger partial charge in [-0.25, -0.2) is 0 Å². The van der Waals surface area contributed by atoms with Crippen LogP contribution >= 0.6 is 46.3 Å². The molecule has 1 saturated heterocycles. The first-order valence-corrected chi connectivity index (χ1v) is 14.5. The number of aliphatic hydroxyl groups excluding tert-OH is 1. The van der Waals surface area contributed by atoms with E-state index < -0.39 is 17.7 Å². The van der Waals surface area contributed by atoms with Crippen LogP contribution in [0.4, 0.5) is 5.13 Å². The Morgan fingerprint density at radius 2 is 1.75 bits per heavy atom. The second-order valence-corrected chi connectivity index (χ2v) is 11.7. The fraction of sp³-hybridized carbons (Fsp3) is 0.103. The van der Waals surface area contributed by atoms with Crippen molar-refractivity contribution in [3.05, 3.63) is 118 Å². The van der Waals surface area contributed by atoms with Gasteiger partial charge in [0.15, 0.2) is 4.34 Å². The molecule has 0 radical (unpaired) electrons. The van der Waals surface area contributed by atoms with Crippen LogP contribution in [-0.2, 0) is 15.3 Å². The lowest BCUT2D eigenvalue weighted by Crippen LogP contribution is -2.29. The quantitative estimate of drug-likeness (QED) is 0.0530. The van der Waals surface area contributed by atoms with Crippen molar-refractivity contribution >= 4 is 68.9 Å². The van der Waals surface area contributed by atoms with Gasteiger partial charge in [0, 0.05) is 21.4 Å². The zero-order valence-electron chi connectivity index (χ0n) is 20.8. The van der Waals surface area contributed by atoms with E-state index in [1.807, 2.05) is 24.3 Å². The average molecular weight is 611 g/mol. The van der Waals surface area contributed by atoms with Crippen molar-refractivity contribution in [3.8, 4) is 5.75 Å². The Labute approximate surface area is 248 Å². The van der Waals surface area contributed by atoms with Gasteiger partial charge in [-0.05, 0) is 59.7 Å². The Morgan fingerprint density at radius 3 is 2.45 bits per heavy atom. The molecule has 7 nitrogen and oxygen atoms in total.